The molecule has 0 aliphatic carbocycles. The standard InChI is InChI=1S/C16H25NO3/c1-5-19-16(18)12-17(4)9-6-10-20-15-11-13(2)7-8-14(15)3/h7-8,11H,5-6,9-10,12H2,1-4H3. The fraction of sp³-hybridized carbons (Fsp3) is 0.562. The van der Waals surface area contributed by atoms with Gasteiger partial charge in [0.2, 0.25) is 0 Å². The first kappa shape index (κ1) is 16.5. The minimum Gasteiger partial charge on any atom is -0.493 e. The van der Waals surface area contributed by atoms with Crippen molar-refractivity contribution in [2.24, 2.45) is 0 Å². The predicted octanol–water partition coefficient (Wildman–Crippen LogP) is 2.57. The Bertz CT molecular complexity index is 432. The van der Waals surface area contributed by atoms with Gasteiger partial charge in [0.15, 0.2) is 0 Å². The molecule has 0 unspecified atom stereocenters. The number of esters is 1. The van der Waals surface area contributed by atoms with E-state index in [0.717, 1.165) is 24.3 Å². The Labute approximate surface area is 121 Å². The molecule has 1 rings (SSSR count). The van der Waals surface area contributed by atoms with Crippen molar-refractivity contribution in [2.45, 2.75) is 27.2 Å². The van der Waals surface area contributed by atoms with Gasteiger partial charge in [0.05, 0.1) is 19.8 Å². The molecule has 0 amide bonds. The molecule has 1 aromatic rings. The summed E-state index contributed by atoms with van der Waals surface area (Å²) < 4.78 is 10.7. The minimum absolute atomic E-state index is 0.176. The predicted molar refractivity (Wildman–Crippen MR) is 80.2 cm³/mol. The number of hydrogen-bond acceptors (Lipinski definition) is 4. The van der Waals surface area contributed by atoms with Gasteiger partial charge in [-0.1, -0.05) is 12.1 Å². The molecule has 20 heavy (non-hydrogen) atoms. The molecule has 4 heteroatoms. The first-order chi connectivity index (χ1) is 9.52. The third kappa shape index (κ3) is 6.06. The second-order valence-electron chi connectivity index (χ2n) is 5.01. The van der Waals surface area contributed by atoms with Crippen LogP contribution in [0, 0.1) is 13.8 Å². The lowest BCUT2D eigenvalue weighted by Crippen LogP contribution is -2.29. The maximum Gasteiger partial charge on any atom is 0.320 e. The van der Waals surface area contributed by atoms with Crippen molar-refractivity contribution in [1.82, 2.24) is 4.90 Å². The third-order valence-electron chi connectivity index (χ3n) is 2.99. The summed E-state index contributed by atoms with van der Waals surface area (Å²) in [4.78, 5) is 13.2. The zero-order valence-electron chi connectivity index (χ0n) is 12.9. The summed E-state index contributed by atoms with van der Waals surface area (Å²) >= 11 is 0. The SMILES string of the molecule is CCOC(=O)CN(C)CCCOc1cc(C)ccc1C. The quantitative estimate of drug-likeness (QED) is 0.541. The van der Waals surface area contributed by atoms with Crippen molar-refractivity contribution in [3.8, 4) is 5.75 Å². The van der Waals surface area contributed by atoms with Crippen LogP contribution in [0.2, 0.25) is 0 Å². The molecule has 0 bridgehead atoms. The summed E-state index contributed by atoms with van der Waals surface area (Å²) in [6.07, 6.45) is 0.878. The monoisotopic (exact) mass is 279 g/mol. The van der Waals surface area contributed by atoms with Gasteiger partial charge >= 0.3 is 5.97 Å². The Balaban J connectivity index is 2.24. The number of hydrogen-bond donors (Lipinski definition) is 0. The van der Waals surface area contributed by atoms with Crippen LogP contribution in [0.25, 0.3) is 0 Å². The maximum atomic E-state index is 11.3. The van der Waals surface area contributed by atoms with Crippen LogP contribution in [0.15, 0.2) is 18.2 Å². The van der Waals surface area contributed by atoms with E-state index in [2.05, 4.69) is 25.1 Å². The van der Waals surface area contributed by atoms with Gasteiger partial charge in [-0.15, -0.1) is 0 Å². The van der Waals surface area contributed by atoms with Gasteiger partial charge in [0.1, 0.15) is 5.75 Å². The Morgan fingerprint density at radius 3 is 2.75 bits per heavy atom. The Morgan fingerprint density at radius 2 is 2.05 bits per heavy atom. The average molecular weight is 279 g/mol. The Morgan fingerprint density at radius 1 is 1.30 bits per heavy atom. The smallest absolute Gasteiger partial charge is 0.320 e. The molecule has 4 nitrogen and oxygen atoms in total. The van der Waals surface area contributed by atoms with E-state index in [0.29, 0.717) is 19.8 Å². The van der Waals surface area contributed by atoms with Crippen molar-refractivity contribution in [3.63, 3.8) is 0 Å². The largest absolute Gasteiger partial charge is 0.493 e. The normalized spacial score (nSPS) is 10.7. The van der Waals surface area contributed by atoms with Gasteiger partial charge < -0.3 is 9.47 Å². The molecule has 0 aromatic heterocycles. The highest BCUT2D eigenvalue weighted by atomic mass is 16.5. The van der Waals surface area contributed by atoms with E-state index in [4.69, 9.17) is 9.47 Å². The molecule has 0 saturated carbocycles. The number of nitrogens with zero attached hydrogens (tertiary/aromatic N) is 1. The van der Waals surface area contributed by atoms with Gasteiger partial charge in [0, 0.05) is 6.54 Å². The molecule has 0 atom stereocenters. The first-order valence-corrected chi connectivity index (χ1v) is 7.07. The van der Waals surface area contributed by atoms with Crippen LogP contribution in [0.3, 0.4) is 0 Å². The summed E-state index contributed by atoms with van der Waals surface area (Å²) in [6, 6.07) is 6.20. The lowest BCUT2D eigenvalue weighted by Gasteiger charge is -2.16. The number of carbonyl (C=O) groups excluding carboxylic acids is 1. The van der Waals surface area contributed by atoms with Gasteiger partial charge in [-0.25, -0.2) is 0 Å². The summed E-state index contributed by atoms with van der Waals surface area (Å²) in [7, 11) is 1.91. The van der Waals surface area contributed by atoms with E-state index in [1.54, 1.807) is 0 Å². The van der Waals surface area contributed by atoms with E-state index < -0.39 is 0 Å². The first-order valence-electron chi connectivity index (χ1n) is 7.07. The van der Waals surface area contributed by atoms with E-state index in [1.807, 2.05) is 25.8 Å². The number of aryl methyl sites for hydroxylation is 2. The summed E-state index contributed by atoms with van der Waals surface area (Å²) in [6.45, 7) is 8.14. The van der Waals surface area contributed by atoms with Crippen LogP contribution in [-0.2, 0) is 9.53 Å². The number of ether oxygens (including phenoxy) is 2. The summed E-state index contributed by atoms with van der Waals surface area (Å²) in [5.41, 5.74) is 2.35. The molecule has 0 spiro atoms. The van der Waals surface area contributed by atoms with Gasteiger partial charge in [-0.2, -0.15) is 0 Å². The zero-order valence-corrected chi connectivity index (χ0v) is 12.9. The zero-order chi connectivity index (χ0) is 15.0. The van der Waals surface area contributed by atoms with Crippen LogP contribution in [0.4, 0.5) is 0 Å². The second-order valence-corrected chi connectivity index (χ2v) is 5.01. The van der Waals surface area contributed by atoms with Crippen LogP contribution in [-0.4, -0.2) is 44.2 Å². The number of rotatable bonds is 8. The van der Waals surface area contributed by atoms with Crippen molar-refractivity contribution in [2.75, 3.05) is 33.4 Å². The molecule has 1 aromatic carbocycles. The molecule has 0 heterocycles. The molecular weight excluding hydrogens is 254 g/mol. The fourth-order valence-corrected chi connectivity index (χ4v) is 1.89. The van der Waals surface area contributed by atoms with Crippen LogP contribution < -0.4 is 4.74 Å². The highest BCUT2D eigenvalue weighted by Crippen LogP contribution is 2.19. The molecular formula is C16H25NO3. The molecule has 0 fully saturated rings. The van der Waals surface area contributed by atoms with Crippen molar-refractivity contribution >= 4 is 5.97 Å². The fourth-order valence-electron chi connectivity index (χ4n) is 1.89. The molecule has 112 valence electrons. The van der Waals surface area contributed by atoms with Crippen molar-refractivity contribution in [3.05, 3.63) is 29.3 Å². The lowest BCUT2D eigenvalue weighted by atomic mass is 10.1. The topological polar surface area (TPSA) is 38.8 Å². The highest BCUT2D eigenvalue weighted by Gasteiger charge is 2.07. The number of benzene rings is 1. The minimum atomic E-state index is -0.176. The number of likely N-dealkylation sites (N-methyl/N-ethyl adjacent to an activating group) is 1. The highest BCUT2D eigenvalue weighted by molar-refractivity contribution is 5.71. The molecule has 0 aliphatic heterocycles. The van der Waals surface area contributed by atoms with Crippen LogP contribution in [0.5, 0.6) is 5.75 Å². The second kappa shape index (κ2) is 8.59. The third-order valence-corrected chi connectivity index (χ3v) is 2.99. The van der Waals surface area contributed by atoms with Crippen molar-refractivity contribution < 1.29 is 14.3 Å². The average Bonchev–Trinajstić information content (AvgIpc) is 2.38. The van der Waals surface area contributed by atoms with Crippen LogP contribution in [0.1, 0.15) is 24.5 Å². The van der Waals surface area contributed by atoms with Crippen molar-refractivity contribution in [1.29, 1.82) is 0 Å². The van der Waals surface area contributed by atoms with E-state index in [1.165, 1.54) is 5.56 Å². The molecule has 0 saturated heterocycles. The van der Waals surface area contributed by atoms with Crippen LogP contribution >= 0.6 is 0 Å². The van der Waals surface area contributed by atoms with Gasteiger partial charge in [-0.05, 0) is 51.4 Å². The number of carbonyl (C=O) groups is 1. The summed E-state index contributed by atoms with van der Waals surface area (Å²) in [5.74, 6) is 0.767. The lowest BCUT2D eigenvalue weighted by molar-refractivity contribution is -0.144. The maximum absolute atomic E-state index is 11.3. The molecule has 0 aliphatic rings. The Kier molecular flexibility index (Phi) is 7.09. The summed E-state index contributed by atoms with van der Waals surface area (Å²) in [5, 5.41) is 0. The van der Waals surface area contributed by atoms with E-state index >= 15 is 0 Å². The van der Waals surface area contributed by atoms with Gasteiger partial charge in [-0.3, -0.25) is 9.69 Å². The molecule has 0 radical (unpaired) electrons. The molecule has 0 N–H and O–H groups in total. The van der Waals surface area contributed by atoms with E-state index in [9.17, 15) is 4.79 Å². The van der Waals surface area contributed by atoms with Gasteiger partial charge in [0.25, 0.3) is 0 Å². The Hall–Kier alpha value is -1.55. The van der Waals surface area contributed by atoms with E-state index in [-0.39, 0.29) is 5.97 Å².